The van der Waals surface area contributed by atoms with Gasteiger partial charge in [-0.05, 0) is 49.6 Å². The van der Waals surface area contributed by atoms with Crippen LogP contribution < -0.4 is 5.32 Å². The number of amides is 1. The Bertz CT molecular complexity index is 1210. The molecule has 0 saturated heterocycles. The van der Waals surface area contributed by atoms with Gasteiger partial charge in [-0.2, -0.15) is 0 Å². The molecular weight excluding hydrogens is 376 g/mol. The molecule has 8 heteroatoms. The van der Waals surface area contributed by atoms with Gasteiger partial charge >= 0.3 is 0 Å². The largest absolute Gasteiger partial charge is 0.351 e. The average Bonchev–Trinajstić information content (AvgIpc) is 3.28. The van der Waals surface area contributed by atoms with Crippen molar-refractivity contribution in [2.24, 2.45) is 0 Å². The van der Waals surface area contributed by atoms with Gasteiger partial charge in [0, 0.05) is 25.1 Å². The molecule has 1 aliphatic carbocycles. The van der Waals surface area contributed by atoms with Crippen LogP contribution in [-0.2, 0) is 6.42 Å². The first-order valence-corrected chi connectivity index (χ1v) is 9.74. The minimum absolute atomic E-state index is 0.162. The summed E-state index contributed by atoms with van der Waals surface area (Å²) in [6.07, 6.45) is 4.77. The summed E-state index contributed by atoms with van der Waals surface area (Å²) in [5.41, 5.74) is 3.88. The summed E-state index contributed by atoms with van der Waals surface area (Å²) < 4.78 is 1.93. The third-order valence-electron chi connectivity index (χ3n) is 5.03. The molecule has 3 aromatic heterocycles. The van der Waals surface area contributed by atoms with Gasteiger partial charge in [0.05, 0.1) is 16.1 Å². The van der Waals surface area contributed by atoms with Crippen LogP contribution in [0.5, 0.6) is 0 Å². The summed E-state index contributed by atoms with van der Waals surface area (Å²) in [5, 5.41) is 12.1. The van der Waals surface area contributed by atoms with Crippen LogP contribution in [0.2, 0.25) is 5.02 Å². The number of pyridine rings is 1. The fourth-order valence-electron chi connectivity index (χ4n) is 3.50. The molecule has 28 heavy (non-hydrogen) atoms. The minimum atomic E-state index is -0.162. The van der Waals surface area contributed by atoms with Gasteiger partial charge < -0.3 is 10.3 Å². The molecule has 0 aliphatic heterocycles. The summed E-state index contributed by atoms with van der Waals surface area (Å²) in [6, 6.07) is 7.55. The summed E-state index contributed by atoms with van der Waals surface area (Å²) in [6.45, 7) is 2.45. The molecule has 0 atom stereocenters. The van der Waals surface area contributed by atoms with Crippen molar-refractivity contribution in [2.45, 2.75) is 32.1 Å². The fourth-order valence-corrected chi connectivity index (χ4v) is 3.82. The predicted molar refractivity (Wildman–Crippen MR) is 107 cm³/mol. The third-order valence-corrected chi connectivity index (χ3v) is 5.32. The van der Waals surface area contributed by atoms with Gasteiger partial charge in [0.15, 0.2) is 5.65 Å². The summed E-state index contributed by atoms with van der Waals surface area (Å²) >= 11 is 6.26. The molecule has 2 N–H and O–H groups in total. The van der Waals surface area contributed by atoms with E-state index < -0.39 is 0 Å². The number of halogens is 1. The minimum Gasteiger partial charge on any atom is -0.351 e. The molecule has 7 nitrogen and oxygen atoms in total. The van der Waals surface area contributed by atoms with Crippen LogP contribution in [0.3, 0.4) is 0 Å². The standard InChI is InChI=1S/C20H19ClN6O/c1-11-9-14(21)17-15(10-11)23-16(24-17)6-7-22-20(28)13-3-2-8-27-18(12-4-5-12)25-26-19(13)27/h2-3,8-10,12H,4-7H2,1H3,(H,22,28)(H,23,24). The molecule has 142 valence electrons. The number of hydrogen-bond acceptors (Lipinski definition) is 4. The van der Waals surface area contributed by atoms with E-state index in [1.54, 1.807) is 6.07 Å². The van der Waals surface area contributed by atoms with E-state index in [1.807, 2.05) is 35.7 Å². The first-order valence-electron chi connectivity index (χ1n) is 9.37. The average molecular weight is 395 g/mol. The Morgan fingerprint density at radius 1 is 1.36 bits per heavy atom. The van der Waals surface area contributed by atoms with Crippen molar-refractivity contribution < 1.29 is 4.79 Å². The van der Waals surface area contributed by atoms with E-state index in [9.17, 15) is 4.79 Å². The zero-order valence-electron chi connectivity index (χ0n) is 15.4. The maximum atomic E-state index is 12.7. The number of hydrogen-bond donors (Lipinski definition) is 2. The Morgan fingerprint density at radius 2 is 2.21 bits per heavy atom. The molecule has 1 fully saturated rings. The maximum absolute atomic E-state index is 12.7. The summed E-state index contributed by atoms with van der Waals surface area (Å²) in [7, 11) is 0. The van der Waals surface area contributed by atoms with Crippen LogP contribution in [0.25, 0.3) is 16.7 Å². The first kappa shape index (κ1) is 17.2. The van der Waals surface area contributed by atoms with Crippen LogP contribution in [0.4, 0.5) is 0 Å². The summed E-state index contributed by atoms with van der Waals surface area (Å²) in [4.78, 5) is 20.5. The van der Waals surface area contributed by atoms with E-state index in [0.29, 0.717) is 35.1 Å². The third kappa shape index (κ3) is 3.01. The zero-order chi connectivity index (χ0) is 19.3. The molecule has 1 aliphatic rings. The molecule has 0 bridgehead atoms. The van der Waals surface area contributed by atoms with Crippen molar-refractivity contribution in [1.29, 1.82) is 0 Å². The van der Waals surface area contributed by atoms with E-state index >= 15 is 0 Å². The molecule has 0 radical (unpaired) electrons. The second-order valence-corrected chi connectivity index (χ2v) is 7.69. The number of nitrogens with one attached hydrogen (secondary N) is 2. The molecule has 3 heterocycles. The van der Waals surface area contributed by atoms with E-state index in [0.717, 1.165) is 41.1 Å². The fraction of sp³-hybridized carbons (Fsp3) is 0.300. The first-order chi connectivity index (χ1) is 13.6. The molecule has 0 unspecified atom stereocenters. The van der Waals surface area contributed by atoms with Crippen LogP contribution in [0, 0.1) is 6.92 Å². The normalized spacial score (nSPS) is 14.1. The van der Waals surface area contributed by atoms with Gasteiger partial charge in [0.1, 0.15) is 17.2 Å². The Morgan fingerprint density at radius 3 is 3.04 bits per heavy atom. The van der Waals surface area contributed by atoms with Gasteiger partial charge in [-0.25, -0.2) is 4.98 Å². The van der Waals surface area contributed by atoms with Gasteiger partial charge in [-0.3, -0.25) is 9.20 Å². The molecule has 1 amide bonds. The van der Waals surface area contributed by atoms with Crippen molar-refractivity contribution in [3.05, 3.63) is 58.3 Å². The van der Waals surface area contributed by atoms with Gasteiger partial charge in [-0.15, -0.1) is 10.2 Å². The number of benzene rings is 1. The van der Waals surface area contributed by atoms with Crippen LogP contribution in [0.15, 0.2) is 30.5 Å². The number of fused-ring (bicyclic) bond motifs is 2. The number of carbonyl (C=O) groups excluding carboxylic acids is 1. The Balaban J connectivity index is 1.30. The number of nitrogens with zero attached hydrogens (tertiary/aromatic N) is 4. The topological polar surface area (TPSA) is 88.0 Å². The highest BCUT2D eigenvalue weighted by molar-refractivity contribution is 6.35. The van der Waals surface area contributed by atoms with Crippen LogP contribution in [0.1, 0.15) is 46.3 Å². The van der Waals surface area contributed by atoms with E-state index in [-0.39, 0.29) is 5.91 Å². The predicted octanol–water partition coefficient (Wildman–Crippen LogP) is 3.42. The lowest BCUT2D eigenvalue weighted by molar-refractivity contribution is 0.0955. The number of aromatic nitrogens is 5. The quantitative estimate of drug-likeness (QED) is 0.543. The Labute approximate surface area is 166 Å². The van der Waals surface area contributed by atoms with Crippen molar-refractivity contribution in [1.82, 2.24) is 29.9 Å². The van der Waals surface area contributed by atoms with Crippen molar-refractivity contribution in [3.63, 3.8) is 0 Å². The van der Waals surface area contributed by atoms with E-state index in [2.05, 4.69) is 25.5 Å². The molecular formula is C20H19ClN6O. The lowest BCUT2D eigenvalue weighted by Crippen LogP contribution is -2.26. The highest BCUT2D eigenvalue weighted by Gasteiger charge is 2.29. The smallest absolute Gasteiger partial charge is 0.255 e. The number of rotatable bonds is 5. The second kappa shape index (κ2) is 6.60. The molecule has 1 saturated carbocycles. The van der Waals surface area contributed by atoms with Gasteiger partial charge in [0.25, 0.3) is 5.91 Å². The number of aromatic amines is 1. The second-order valence-electron chi connectivity index (χ2n) is 7.28. The lowest BCUT2D eigenvalue weighted by Gasteiger charge is -2.05. The Hall–Kier alpha value is -2.93. The SMILES string of the molecule is Cc1cc(Cl)c2nc(CCNC(=O)c3cccn4c(C5CC5)nnc34)[nH]c2c1. The number of H-pyrrole nitrogens is 1. The number of carbonyl (C=O) groups is 1. The Kier molecular flexibility index (Phi) is 4.05. The van der Waals surface area contributed by atoms with Crippen LogP contribution in [-0.4, -0.2) is 37.0 Å². The number of imidazole rings is 1. The zero-order valence-corrected chi connectivity index (χ0v) is 16.1. The highest BCUT2D eigenvalue weighted by Crippen LogP contribution is 2.39. The van der Waals surface area contributed by atoms with Crippen molar-refractivity contribution >= 4 is 34.2 Å². The highest BCUT2D eigenvalue weighted by atomic mass is 35.5. The van der Waals surface area contributed by atoms with Crippen molar-refractivity contribution in [2.75, 3.05) is 6.54 Å². The maximum Gasteiger partial charge on any atom is 0.255 e. The summed E-state index contributed by atoms with van der Waals surface area (Å²) in [5.74, 6) is 2.04. The van der Waals surface area contributed by atoms with Gasteiger partial charge in [-0.1, -0.05) is 11.6 Å². The number of aryl methyl sites for hydroxylation is 1. The lowest BCUT2D eigenvalue weighted by atomic mass is 10.2. The van der Waals surface area contributed by atoms with Crippen molar-refractivity contribution in [3.8, 4) is 0 Å². The molecule has 1 aromatic carbocycles. The van der Waals surface area contributed by atoms with Crippen LogP contribution >= 0.6 is 11.6 Å². The van der Waals surface area contributed by atoms with Gasteiger partial charge in [0.2, 0.25) is 0 Å². The molecule has 5 rings (SSSR count). The van der Waals surface area contributed by atoms with E-state index in [4.69, 9.17) is 11.6 Å². The van der Waals surface area contributed by atoms with E-state index in [1.165, 1.54) is 0 Å². The molecule has 4 aromatic rings. The molecule has 0 spiro atoms. The monoisotopic (exact) mass is 394 g/mol.